The molecule has 0 radical (unpaired) electrons. The highest BCUT2D eigenvalue weighted by Crippen LogP contribution is 2.62. The number of anilines is 2. The number of hydrogen-bond acceptors (Lipinski definition) is 2. The van der Waals surface area contributed by atoms with Crippen LogP contribution < -0.4 is 4.90 Å². The van der Waals surface area contributed by atoms with E-state index >= 15 is 0 Å². The van der Waals surface area contributed by atoms with Gasteiger partial charge in [-0.25, -0.2) is 0 Å². The van der Waals surface area contributed by atoms with E-state index in [0.29, 0.717) is 0 Å². The van der Waals surface area contributed by atoms with Crippen molar-refractivity contribution in [3.05, 3.63) is 218 Å². The van der Waals surface area contributed by atoms with Gasteiger partial charge < -0.3 is 9.64 Å². The Bertz CT molecular complexity index is 3880. The maximum Gasteiger partial charge on any atom is 0.118 e. The second-order valence-electron chi connectivity index (χ2n) is 19.5. The molecule has 14 rings (SSSR count). The van der Waals surface area contributed by atoms with Crippen LogP contribution in [-0.4, -0.2) is 12.6 Å². The molecule has 68 heavy (non-hydrogen) atoms. The minimum Gasteiger partial charge on any atom is -0.371 e. The summed E-state index contributed by atoms with van der Waals surface area (Å²) in [6.07, 6.45) is 4.35. The van der Waals surface area contributed by atoms with E-state index in [1.165, 1.54) is 133 Å². The van der Waals surface area contributed by atoms with Gasteiger partial charge in [-0.1, -0.05) is 189 Å². The molecule has 2 heteroatoms. The van der Waals surface area contributed by atoms with Gasteiger partial charge in [-0.2, -0.15) is 0 Å². The zero-order valence-electron chi connectivity index (χ0n) is 38.4. The number of nitrogens with zero attached hydrogens (tertiary/aromatic N) is 1. The fraction of sp³-hybridized carbons (Fsp3) is 0.121. The first-order valence-corrected chi connectivity index (χ1v) is 24.3. The molecule has 0 N–H and O–H groups in total. The van der Waals surface area contributed by atoms with Crippen molar-refractivity contribution in [3.8, 4) is 44.5 Å². The first-order chi connectivity index (χ1) is 33.5. The summed E-state index contributed by atoms with van der Waals surface area (Å²) in [7, 11) is 1.95. The van der Waals surface area contributed by atoms with Crippen molar-refractivity contribution >= 4 is 76.0 Å². The lowest BCUT2D eigenvalue weighted by Gasteiger charge is -2.50. The molecule has 1 saturated carbocycles. The fourth-order valence-electron chi connectivity index (χ4n) is 13.2. The highest BCUT2D eigenvalue weighted by molar-refractivity contribution is 6.33. The molecule has 1 fully saturated rings. The highest BCUT2D eigenvalue weighted by Gasteiger charge is 2.61. The summed E-state index contributed by atoms with van der Waals surface area (Å²) in [4.78, 5) is 2.60. The van der Waals surface area contributed by atoms with Crippen molar-refractivity contribution in [1.29, 1.82) is 0 Å². The molecule has 0 amide bonds. The quantitative estimate of drug-likeness (QED) is 0.154. The van der Waals surface area contributed by atoms with Crippen LogP contribution in [0, 0.1) is 0 Å². The zero-order valence-corrected chi connectivity index (χ0v) is 38.4. The molecule has 2 atom stereocenters. The van der Waals surface area contributed by atoms with Crippen molar-refractivity contribution in [2.75, 3.05) is 12.0 Å². The van der Waals surface area contributed by atoms with E-state index in [-0.39, 0.29) is 5.54 Å². The van der Waals surface area contributed by atoms with Gasteiger partial charge in [-0.3, -0.25) is 0 Å². The maximum atomic E-state index is 6.93. The summed E-state index contributed by atoms with van der Waals surface area (Å²) in [5, 5.41) is 15.2. The van der Waals surface area contributed by atoms with Crippen molar-refractivity contribution in [2.45, 2.75) is 43.7 Å². The Labute approximate surface area is 397 Å². The summed E-state index contributed by atoms with van der Waals surface area (Å²) in [5.41, 5.74) is 13.0. The second-order valence-corrected chi connectivity index (χ2v) is 19.5. The predicted molar refractivity (Wildman–Crippen MR) is 289 cm³/mol. The summed E-state index contributed by atoms with van der Waals surface area (Å²) in [5.74, 6) is 0. The third-order valence-corrected chi connectivity index (χ3v) is 16.3. The first kappa shape index (κ1) is 39.4. The van der Waals surface area contributed by atoms with Crippen LogP contribution in [0.2, 0.25) is 0 Å². The van der Waals surface area contributed by atoms with Crippen LogP contribution in [0.25, 0.3) is 109 Å². The van der Waals surface area contributed by atoms with E-state index in [1.54, 1.807) is 0 Å². The van der Waals surface area contributed by atoms with Gasteiger partial charge in [0.1, 0.15) is 5.60 Å². The molecule has 12 aromatic carbocycles. The van der Waals surface area contributed by atoms with Gasteiger partial charge in [0.25, 0.3) is 0 Å². The molecule has 12 aromatic rings. The maximum absolute atomic E-state index is 6.93. The lowest BCUT2D eigenvalue weighted by molar-refractivity contribution is -0.0871. The SMILES string of the molecule is CO[C@]12CCCCC1(C)N(c1ccccc1)c1ccc(-c3cc(-c4cccc5ccccc45)c4ccc5c(-c6cccc7ccccc67)cc(-c6cccc7ccccc67)c6ccc3c4c65)cc12. The summed E-state index contributed by atoms with van der Waals surface area (Å²) >= 11 is 0. The highest BCUT2D eigenvalue weighted by atomic mass is 16.5. The molecule has 1 heterocycles. The molecule has 2 aliphatic rings. The van der Waals surface area contributed by atoms with Crippen molar-refractivity contribution < 1.29 is 4.74 Å². The van der Waals surface area contributed by atoms with Crippen LogP contribution in [0.4, 0.5) is 11.4 Å². The van der Waals surface area contributed by atoms with E-state index in [9.17, 15) is 0 Å². The monoisotopic (exact) mass is 871 g/mol. The van der Waals surface area contributed by atoms with Crippen LogP contribution in [-0.2, 0) is 10.3 Å². The van der Waals surface area contributed by atoms with Crippen molar-refractivity contribution in [3.63, 3.8) is 0 Å². The molecule has 0 bridgehead atoms. The normalized spacial score (nSPS) is 18.1. The van der Waals surface area contributed by atoms with Gasteiger partial charge >= 0.3 is 0 Å². The van der Waals surface area contributed by atoms with Crippen LogP contribution in [0.15, 0.2) is 212 Å². The largest absolute Gasteiger partial charge is 0.371 e. The summed E-state index contributed by atoms with van der Waals surface area (Å²) < 4.78 is 6.93. The third-order valence-electron chi connectivity index (χ3n) is 16.3. The lowest BCUT2D eigenvalue weighted by Crippen LogP contribution is -2.57. The molecule has 1 unspecified atom stereocenters. The predicted octanol–water partition coefficient (Wildman–Crippen LogP) is 18.0. The van der Waals surface area contributed by atoms with Gasteiger partial charge in [-0.15, -0.1) is 0 Å². The van der Waals surface area contributed by atoms with Crippen LogP contribution in [0.1, 0.15) is 38.2 Å². The minimum absolute atomic E-state index is 0.241. The molecule has 1 aliphatic heterocycles. The fourth-order valence-corrected chi connectivity index (χ4v) is 13.2. The number of methoxy groups -OCH3 is 1. The Morgan fingerprint density at radius 2 is 0.824 bits per heavy atom. The number of hydrogen-bond donors (Lipinski definition) is 0. The van der Waals surface area contributed by atoms with Gasteiger partial charge in [0.05, 0.1) is 5.54 Å². The average Bonchev–Trinajstić information content (AvgIpc) is 3.64. The van der Waals surface area contributed by atoms with Crippen molar-refractivity contribution in [2.24, 2.45) is 0 Å². The molecular weight excluding hydrogens is 823 g/mol. The average molecular weight is 872 g/mol. The number of fused-ring (bicyclic) bond motifs is 6. The van der Waals surface area contributed by atoms with E-state index in [2.05, 4.69) is 224 Å². The van der Waals surface area contributed by atoms with E-state index < -0.39 is 5.60 Å². The first-order valence-electron chi connectivity index (χ1n) is 24.3. The molecule has 0 aromatic heterocycles. The molecule has 0 saturated heterocycles. The van der Waals surface area contributed by atoms with Crippen LogP contribution >= 0.6 is 0 Å². The van der Waals surface area contributed by atoms with Gasteiger partial charge in [-0.05, 0) is 165 Å². The second kappa shape index (κ2) is 14.9. The Balaban J connectivity index is 1.13. The number of para-hydroxylation sites is 1. The third kappa shape index (κ3) is 5.44. The molecule has 324 valence electrons. The van der Waals surface area contributed by atoms with Gasteiger partial charge in [0.15, 0.2) is 0 Å². The number of benzene rings is 12. The van der Waals surface area contributed by atoms with Crippen molar-refractivity contribution in [1.82, 2.24) is 0 Å². The Morgan fingerprint density at radius 1 is 0.382 bits per heavy atom. The van der Waals surface area contributed by atoms with Crippen LogP contribution in [0.3, 0.4) is 0 Å². The van der Waals surface area contributed by atoms with Gasteiger partial charge in [0, 0.05) is 24.0 Å². The Hall–Kier alpha value is -7.78. The van der Waals surface area contributed by atoms with E-state index in [0.717, 1.165) is 19.3 Å². The molecule has 1 aliphatic carbocycles. The Kier molecular flexibility index (Phi) is 8.61. The van der Waals surface area contributed by atoms with Gasteiger partial charge in [0.2, 0.25) is 0 Å². The lowest BCUT2D eigenvalue weighted by atomic mass is 9.68. The molecular formula is C66H49NO. The topological polar surface area (TPSA) is 12.5 Å². The number of ether oxygens (including phenoxy) is 1. The smallest absolute Gasteiger partial charge is 0.118 e. The summed E-state index contributed by atoms with van der Waals surface area (Å²) in [6.45, 7) is 2.44. The number of rotatable bonds is 6. The standard InChI is InChI=1S/C66H49NO/c1-65-37-12-13-38-66(65,68-2)61-39-45(31-36-62(61)67(65)46-23-4-3-5-24-46)57-40-58(50-28-14-20-42-17-6-9-25-47(42)50)54-34-35-56-60(52-30-16-22-44-19-8-11-27-49(44)52)41-59(55-33-32-53(57)63(54)64(55)56)51-29-15-21-43-18-7-10-26-48(43)51/h3-11,14-36,39-41H,12-13,37-38H2,1-2H3/t65?,66-/m0/s1. The minimum atomic E-state index is -0.463. The molecule has 0 spiro atoms. The van der Waals surface area contributed by atoms with E-state index in [4.69, 9.17) is 4.74 Å². The van der Waals surface area contributed by atoms with Crippen LogP contribution in [0.5, 0.6) is 0 Å². The zero-order chi connectivity index (χ0) is 45.1. The van der Waals surface area contributed by atoms with E-state index in [1.807, 2.05) is 7.11 Å². The summed E-state index contributed by atoms with van der Waals surface area (Å²) in [6, 6.07) is 79.9. The Morgan fingerprint density at radius 3 is 1.34 bits per heavy atom. The molecule has 2 nitrogen and oxygen atoms in total.